The van der Waals surface area contributed by atoms with Crippen molar-refractivity contribution in [2.45, 2.75) is 118 Å². The van der Waals surface area contributed by atoms with Crippen molar-refractivity contribution in [2.75, 3.05) is 6.61 Å². The molecule has 3 N–H and O–H groups in total. The van der Waals surface area contributed by atoms with Crippen molar-refractivity contribution < 1.29 is 74.8 Å². The molecule has 8 rings (SSSR count). The van der Waals surface area contributed by atoms with Crippen molar-refractivity contribution >= 4 is 40.4 Å². The lowest BCUT2D eigenvalue weighted by Gasteiger charge is -2.19. The summed E-state index contributed by atoms with van der Waals surface area (Å²) in [5.74, 6) is 1.40. The molecule has 6 aromatic rings. The van der Waals surface area contributed by atoms with Gasteiger partial charge in [0, 0.05) is 28.4 Å². The molecule has 2 aliphatic rings. The van der Waals surface area contributed by atoms with Crippen LogP contribution in [0.5, 0.6) is 23.0 Å². The van der Waals surface area contributed by atoms with Crippen molar-refractivity contribution in [1.82, 2.24) is 0 Å². The first kappa shape index (κ1) is 61.4. The van der Waals surface area contributed by atoms with E-state index in [0.29, 0.717) is 61.2 Å². The molecule has 2 heterocycles. The summed E-state index contributed by atoms with van der Waals surface area (Å²) in [6, 6.07) is 32.2. The molecule has 0 spiro atoms. The molecule has 2 unspecified atom stereocenters. The predicted octanol–water partition coefficient (Wildman–Crippen LogP) is 13.4. The molecule has 10 nitrogen and oxygen atoms in total. The highest BCUT2D eigenvalue weighted by Crippen LogP contribution is 2.43. The van der Waals surface area contributed by atoms with Crippen molar-refractivity contribution in [3.05, 3.63) is 170 Å². The van der Waals surface area contributed by atoms with Crippen LogP contribution in [0.1, 0.15) is 100 Å². The number of carboxylic acid groups (broad SMARTS) is 1. The fraction of sp³-hybridized carbons (Fsp3) is 0.356. The molecule has 0 amide bonds. The average molecular weight is 1140 g/mol. The summed E-state index contributed by atoms with van der Waals surface area (Å²) in [6.45, 7) is 14.5. The molecule has 6 aromatic carbocycles. The second-order valence-corrected chi connectivity index (χ2v) is 20.9. The van der Waals surface area contributed by atoms with E-state index in [1.165, 1.54) is 17.7 Å². The SMILES string of the molecule is C.CC(Cc1ccc(OCc2cc(-c3cccc(C(F)(F)F)c3)cc3c2OC(C)(C)C3)cc1)C(=O)O.CCOC(=O)C(C)Cc1ccc(OCc2cc(Br)cc3c2OC(C)(C)C3)cc1.OB(O)c1cccc(C(F)(F)F)c1. The molecule has 0 radical (unpaired) electrons. The van der Waals surface area contributed by atoms with Gasteiger partial charge < -0.3 is 38.8 Å². The van der Waals surface area contributed by atoms with E-state index in [-0.39, 0.29) is 37.0 Å². The van der Waals surface area contributed by atoms with E-state index in [1.54, 1.807) is 25.1 Å². The Hall–Kier alpha value is -6.50. The zero-order valence-corrected chi connectivity index (χ0v) is 44.7. The van der Waals surface area contributed by atoms with Gasteiger partial charge in [0.2, 0.25) is 0 Å². The van der Waals surface area contributed by atoms with Gasteiger partial charge in [-0.1, -0.05) is 97.9 Å². The fourth-order valence-corrected chi connectivity index (χ4v) is 9.15. The maximum Gasteiger partial charge on any atom is 0.488 e. The average Bonchev–Trinajstić information content (AvgIpc) is 3.85. The number of alkyl halides is 6. The third-order valence-corrected chi connectivity index (χ3v) is 12.8. The summed E-state index contributed by atoms with van der Waals surface area (Å²) in [6.07, 6.45) is -6.27. The van der Waals surface area contributed by atoms with Crippen LogP contribution in [-0.2, 0) is 65.6 Å². The largest absolute Gasteiger partial charge is 0.489 e. The molecule has 0 aliphatic carbocycles. The van der Waals surface area contributed by atoms with Gasteiger partial charge in [0.15, 0.2) is 0 Å². The first-order valence-electron chi connectivity index (χ1n) is 24.5. The number of hydrogen-bond acceptors (Lipinski definition) is 9. The van der Waals surface area contributed by atoms with Gasteiger partial charge in [-0.05, 0) is 147 Å². The molecule has 2 atom stereocenters. The Morgan fingerprint density at radius 2 is 1.12 bits per heavy atom. The van der Waals surface area contributed by atoms with Crippen LogP contribution in [0.2, 0.25) is 0 Å². The summed E-state index contributed by atoms with van der Waals surface area (Å²) < 4.78 is 106. The van der Waals surface area contributed by atoms with Gasteiger partial charge in [-0.2, -0.15) is 26.3 Å². The molecule has 0 bridgehead atoms. The van der Waals surface area contributed by atoms with Gasteiger partial charge >= 0.3 is 31.4 Å². The number of rotatable bonds is 15. The first-order chi connectivity index (χ1) is 35.6. The van der Waals surface area contributed by atoms with Gasteiger partial charge in [-0.25, -0.2) is 0 Å². The van der Waals surface area contributed by atoms with Gasteiger partial charge in [0.25, 0.3) is 0 Å². The summed E-state index contributed by atoms with van der Waals surface area (Å²) in [5.41, 5.74) is 4.70. The Bertz CT molecular complexity index is 2960. The van der Waals surface area contributed by atoms with E-state index in [0.717, 1.165) is 74.5 Å². The van der Waals surface area contributed by atoms with Gasteiger partial charge in [0.05, 0.1) is 29.6 Å². The lowest BCUT2D eigenvalue weighted by molar-refractivity contribution is -0.147. The minimum absolute atomic E-state index is 0. The number of aliphatic carboxylic acids is 1. The zero-order valence-electron chi connectivity index (χ0n) is 43.1. The Kier molecular flexibility index (Phi) is 20.5. The summed E-state index contributed by atoms with van der Waals surface area (Å²) in [5, 5.41) is 26.3. The van der Waals surface area contributed by atoms with E-state index >= 15 is 0 Å². The quantitative estimate of drug-likeness (QED) is 0.0517. The van der Waals surface area contributed by atoms with Crippen LogP contribution in [0, 0.1) is 11.8 Å². The van der Waals surface area contributed by atoms with Crippen LogP contribution < -0.4 is 24.4 Å². The molecule has 2 aliphatic heterocycles. The number of halogens is 7. The smallest absolute Gasteiger partial charge is 0.488 e. The highest BCUT2D eigenvalue weighted by Gasteiger charge is 2.35. The maximum absolute atomic E-state index is 13.3. The van der Waals surface area contributed by atoms with Gasteiger partial charge in [0.1, 0.15) is 47.4 Å². The van der Waals surface area contributed by atoms with Crippen molar-refractivity contribution in [2.24, 2.45) is 11.8 Å². The summed E-state index contributed by atoms with van der Waals surface area (Å²) in [4.78, 5) is 22.9. The first-order valence-corrected chi connectivity index (χ1v) is 25.3. The number of esters is 1. The lowest BCUT2D eigenvalue weighted by atomic mass is 9.79. The number of carbonyl (C=O) groups is 2. The third-order valence-electron chi connectivity index (χ3n) is 12.3. The standard InChI is InChI=1S/C28H27F3O4.C23H27BrO4.C7H6BF3O2.CH4/c1-17(26(32)33)11-18-7-9-24(10-8-18)34-16-22-13-20(12-21-15-27(2,3)35-25(21)22)19-5-4-6-23(14-19)28(29,30)31;1-5-26-22(25)15(2)10-16-6-8-20(9-7-16)27-14-18-12-19(24)11-17-13-23(3,4)28-21(17)18;9-7(10,11)5-2-1-3-6(4-5)8(12)13;/h4-10,12-14,17H,11,15-16H2,1-3H3,(H,32,33);6-9,11-12,15H,5,10,13-14H2,1-4H3;1-4,12-13H;1H4. The number of ether oxygens (including phenoxy) is 5. The molecule has 0 aromatic heterocycles. The van der Waals surface area contributed by atoms with E-state index in [4.69, 9.17) is 38.8 Å². The monoisotopic (exact) mass is 1140 g/mol. The molecule has 412 valence electrons. The molecular formula is C59H64BBrF6O10. The molecular weight excluding hydrogens is 1070 g/mol. The van der Waals surface area contributed by atoms with Crippen molar-refractivity contribution in [3.63, 3.8) is 0 Å². The topological polar surface area (TPSA) is 141 Å². The van der Waals surface area contributed by atoms with Crippen LogP contribution in [-0.4, -0.2) is 52.0 Å². The Labute approximate surface area is 454 Å². The van der Waals surface area contributed by atoms with Crippen molar-refractivity contribution in [3.8, 4) is 34.1 Å². The van der Waals surface area contributed by atoms with E-state index < -0.39 is 48.1 Å². The number of carboxylic acids is 1. The molecule has 77 heavy (non-hydrogen) atoms. The minimum atomic E-state index is -4.45. The normalized spacial score (nSPS) is 14.5. The van der Waals surface area contributed by atoms with Crippen LogP contribution in [0.3, 0.4) is 0 Å². The lowest BCUT2D eigenvalue weighted by Crippen LogP contribution is -2.30. The van der Waals surface area contributed by atoms with Gasteiger partial charge in [-0.15, -0.1) is 0 Å². The zero-order chi connectivity index (χ0) is 55.8. The molecule has 18 heteroatoms. The van der Waals surface area contributed by atoms with Crippen LogP contribution >= 0.6 is 15.9 Å². The molecule has 0 saturated carbocycles. The van der Waals surface area contributed by atoms with Crippen LogP contribution in [0.25, 0.3) is 11.1 Å². The maximum atomic E-state index is 13.3. The van der Waals surface area contributed by atoms with Crippen molar-refractivity contribution in [1.29, 1.82) is 0 Å². The fourth-order valence-electron chi connectivity index (χ4n) is 8.59. The third kappa shape index (κ3) is 17.5. The molecule has 0 fully saturated rings. The van der Waals surface area contributed by atoms with E-state index in [2.05, 4.69) is 41.9 Å². The highest BCUT2D eigenvalue weighted by molar-refractivity contribution is 9.10. The predicted molar refractivity (Wildman–Crippen MR) is 287 cm³/mol. The highest BCUT2D eigenvalue weighted by atomic mass is 79.9. The number of carbonyl (C=O) groups excluding carboxylic acids is 1. The van der Waals surface area contributed by atoms with Gasteiger partial charge in [-0.3, -0.25) is 9.59 Å². The van der Waals surface area contributed by atoms with E-state index in [9.17, 15) is 35.9 Å². The van der Waals surface area contributed by atoms with E-state index in [1.807, 2.05) is 76.2 Å². The second kappa shape index (κ2) is 25.8. The molecule has 0 saturated heterocycles. The Morgan fingerprint density at radius 1 is 0.649 bits per heavy atom. The van der Waals surface area contributed by atoms with Crippen LogP contribution in [0.15, 0.2) is 126 Å². The van der Waals surface area contributed by atoms with Crippen LogP contribution in [0.4, 0.5) is 26.3 Å². The number of benzene rings is 6. The minimum Gasteiger partial charge on any atom is -0.489 e. The second-order valence-electron chi connectivity index (χ2n) is 20.0. The Morgan fingerprint density at radius 3 is 1.60 bits per heavy atom. The number of fused-ring (bicyclic) bond motifs is 2. The summed E-state index contributed by atoms with van der Waals surface area (Å²) in [7, 11) is -1.87. The number of hydrogen-bond donors (Lipinski definition) is 3. The summed E-state index contributed by atoms with van der Waals surface area (Å²) >= 11 is 3.59. The Balaban J connectivity index is 0.000000232.